The number of aromatic nitrogens is 5. The van der Waals surface area contributed by atoms with Crippen LogP contribution in [0.25, 0.3) is 11.0 Å². The van der Waals surface area contributed by atoms with Crippen LogP contribution in [0.5, 0.6) is 0 Å². The van der Waals surface area contributed by atoms with Crippen LogP contribution in [0.1, 0.15) is 25.0 Å². The predicted molar refractivity (Wildman–Crippen MR) is 79.8 cm³/mol. The van der Waals surface area contributed by atoms with Crippen molar-refractivity contribution in [3.63, 3.8) is 0 Å². The standard InChI is InChI=1S/C15H18FN5O/c1-2-11(22)8-21-15(17-9-18-21)6-5-14-19-12-4-3-10(16)7-13(12)20-14/h3-4,7,9,11,22H,2,5-6,8H2,1H3,(H,19,20). The number of H-pyrrole nitrogens is 1. The molecule has 0 saturated heterocycles. The Morgan fingerprint density at radius 1 is 1.36 bits per heavy atom. The van der Waals surface area contributed by atoms with Crippen molar-refractivity contribution in [3.05, 3.63) is 42.0 Å². The van der Waals surface area contributed by atoms with Gasteiger partial charge in [0.05, 0.1) is 23.7 Å². The van der Waals surface area contributed by atoms with Crippen molar-refractivity contribution in [2.45, 2.75) is 38.8 Å². The number of nitrogens with one attached hydrogen (secondary N) is 1. The lowest BCUT2D eigenvalue weighted by molar-refractivity contribution is 0.143. The molecule has 0 aliphatic heterocycles. The Bertz CT molecular complexity index is 766. The first-order valence-electron chi connectivity index (χ1n) is 7.34. The molecule has 1 atom stereocenters. The monoisotopic (exact) mass is 303 g/mol. The Kier molecular flexibility index (Phi) is 4.15. The van der Waals surface area contributed by atoms with E-state index in [0.717, 1.165) is 17.2 Å². The number of halogens is 1. The number of hydrogen-bond donors (Lipinski definition) is 2. The van der Waals surface area contributed by atoms with Crippen LogP contribution >= 0.6 is 0 Å². The summed E-state index contributed by atoms with van der Waals surface area (Å²) in [6, 6.07) is 4.49. The fraction of sp³-hybridized carbons (Fsp3) is 0.400. The molecule has 3 aromatic rings. The molecule has 2 N–H and O–H groups in total. The van der Waals surface area contributed by atoms with Gasteiger partial charge in [0.25, 0.3) is 0 Å². The van der Waals surface area contributed by atoms with Gasteiger partial charge in [0.2, 0.25) is 0 Å². The SMILES string of the molecule is CCC(O)Cn1ncnc1CCc1nc2ccc(F)cc2[nH]1. The van der Waals surface area contributed by atoms with Gasteiger partial charge >= 0.3 is 0 Å². The van der Waals surface area contributed by atoms with Crippen LogP contribution in [0, 0.1) is 5.82 Å². The number of fused-ring (bicyclic) bond motifs is 1. The van der Waals surface area contributed by atoms with Crippen molar-refractivity contribution >= 4 is 11.0 Å². The van der Waals surface area contributed by atoms with Gasteiger partial charge in [-0.15, -0.1) is 0 Å². The number of benzene rings is 1. The Morgan fingerprint density at radius 3 is 3.05 bits per heavy atom. The van der Waals surface area contributed by atoms with E-state index in [1.165, 1.54) is 18.5 Å². The van der Waals surface area contributed by atoms with Gasteiger partial charge in [0.15, 0.2) is 0 Å². The summed E-state index contributed by atoms with van der Waals surface area (Å²) in [6.45, 7) is 2.37. The van der Waals surface area contributed by atoms with Crippen LogP contribution in [0.15, 0.2) is 24.5 Å². The zero-order valence-electron chi connectivity index (χ0n) is 12.3. The maximum Gasteiger partial charge on any atom is 0.138 e. The molecule has 22 heavy (non-hydrogen) atoms. The summed E-state index contributed by atoms with van der Waals surface area (Å²) >= 11 is 0. The first kappa shape index (κ1) is 14.6. The normalized spacial score (nSPS) is 12.9. The zero-order chi connectivity index (χ0) is 15.5. The number of hydrogen-bond acceptors (Lipinski definition) is 4. The Morgan fingerprint density at radius 2 is 2.23 bits per heavy atom. The number of nitrogens with zero attached hydrogens (tertiary/aromatic N) is 4. The third-order valence-electron chi connectivity index (χ3n) is 3.63. The molecule has 116 valence electrons. The summed E-state index contributed by atoms with van der Waals surface area (Å²) in [6.07, 6.45) is 3.05. The van der Waals surface area contributed by atoms with E-state index in [4.69, 9.17) is 0 Å². The van der Waals surface area contributed by atoms with Crippen LogP contribution in [0.2, 0.25) is 0 Å². The Balaban J connectivity index is 1.70. The molecular formula is C15H18FN5O. The molecule has 0 fully saturated rings. The van der Waals surface area contributed by atoms with E-state index in [9.17, 15) is 9.50 Å². The van der Waals surface area contributed by atoms with Gasteiger partial charge in [0, 0.05) is 12.8 Å². The maximum atomic E-state index is 13.2. The molecule has 3 rings (SSSR count). The molecule has 0 radical (unpaired) electrons. The summed E-state index contributed by atoms with van der Waals surface area (Å²) in [7, 11) is 0. The number of imidazole rings is 1. The quantitative estimate of drug-likeness (QED) is 0.728. The second-order valence-electron chi connectivity index (χ2n) is 5.27. The molecule has 1 aromatic carbocycles. The summed E-state index contributed by atoms with van der Waals surface area (Å²) < 4.78 is 14.9. The largest absolute Gasteiger partial charge is 0.391 e. The molecule has 0 saturated carbocycles. The number of rotatable bonds is 6. The fourth-order valence-corrected chi connectivity index (χ4v) is 2.35. The van der Waals surface area contributed by atoms with E-state index >= 15 is 0 Å². The summed E-state index contributed by atoms with van der Waals surface area (Å²) in [4.78, 5) is 11.8. The lowest BCUT2D eigenvalue weighted by Gasteiger charge is -2.09. The summed E-state index contributed by atoms with van der Waals surface area (Å²) in [5.74, 6) is 1.31. The second kappa shape index (κ2) is 6.23. The van der Waals surface area contributed by atoms with Gasteiger partial charge < -0.3 is 10.1 Å². The predicted octanol–water partition coefficient (Wildman–Crippen LogP) is 1.85. The van der Waals surface area contributed by atoms with E-state index in [2.05, 4.69) is 20.1 Å². The van der Waals surface area contributed by atoms with Crippen LogP contribution in [0.4, 0.5) is 4.39 Å². The molecule has 7 heteroatoms. The fourth-order valence-electron chi connectivity index (χ4n) is 2.35. The minimum absolute atomic E-state index is 0.281. The highest BCUT2D eigenvalue weighted by Gasteiger charge is 2.10. The summed E-state index contributed by atoms with van der Waals surface area (Å²) in [5.41, 5.74) is 1.44. The van der Waals surface area contributed by atoms with Crippen molar-refractivity contribution in [2.24, 2.45) is 0 Å². The van der Waals surface area contributed by atoms with E-state index in [1.54, 1.807) is 10.7 Å². The highest BCUT2D eigenvalue weighted by Crippen LogP contribution is 2.14. The van der Waals surface area contributed by atoms with Gasteiger partial charge in [0.1, 0.15) is 23.8 Å². The Hall–Kier alpha value is -2.28. The number of aliphatic hydroxyl groups is 1. The first-order chi connectivity index (χ1) is 10.7. The molecular weight excluding hydrogens is 285 g/mol. The molecule has 0 aliphatic carbocycles. The average molecular weight is 303 g/mol. The minimum Gasteiger partial charge on any atom is -0.391 e. The van der Waals surface area contributed by atoms with E-state index in [-0.39, 0.29) is 5.82 Å². The van der Waals surface area contributed by atoms with Gasteiger partial charge in [-0.05, 0) is 24.6 Å². The second-order valence-corrected chi connectivity index (χ2v) is 5.27. The van der Waals surface area contributed by atoms with Crippen molar-refractivity contribution < 1.29 is 9.50 Å². The van der Waals surface area contributed by atoms with Crippen LogP contribution in [-0.4, -0.2) is 35.9 Å². The lowest BCUT2D eigenvalue weighted by atomic mass is 10.2. The molecule has 6 nitrogen and oxygen atoms in total. The average Bonchev–Trinajstić information content (AvgIpc) is 3.10. The molecule has 0 bridgehead atoms. The highest BCUT2D eigenvalue weighted by atomic mass is 19.1. The third kappa shape index (κ3) is 3.14. The molecule has 2 heterocycles. The van der Waals surface area contributed by atoms with Gasteiger partial charge in [-0.1, -0.05) is 6.92 Å². The van der Waals surface area contributed by atoms with E-state index in [0.29, 0.717) is 31.3 Å². The van der Waals surface area contributed by atoms with Gasteiger partial charge in [-0.2, -0.15) is 5.10 Å². The van der Waals surface area contributed by atoms with Crippen LogP contribution in [-0.2, 0) is 19.4 Å². The smallest absolute Gasteiger partial charge is 0.138 e. The first-order valence-corrected chi connectivity index (χ1v) is 7.34. The Labute approximate surface area is 127 Å². The molecule has 0 amide bonds. The van der Waals surface area contributed by atoms with Gasteiger partial charge in [-0.25, -0.2) is 19.0 Å². The molecule has 1 unspecified atom stereocenters. The molecule has 2 aromatic heterocycles. The highest BCUT2D eigenvalue weighted by molar-refractivity contribution is 5.74. The van der Waals surface area contributed by atoms with Crippen molar-refractivity contribution in [2.75, 3.05) is 0 Å². The third-order valence-corrected chi connectivity index (χ3v) is 3.63. The summed E-state index contributed by atoms with van der Waals surface area (Å²) in [5, 5.41) is 13.9. The van der Waals surface area contributed by atoms with Crippen LogP contribution < -0.4 is 0 Å². The zero-order valence-corrected chi connectivity index (χ0v) is 12.3. The van der Waals surface area contributed by atoms with Crippen molar-refractivity contribution in [1.29, 1.82) is 0 Å². The van der Waals surface area contributed by atoms with E-state index in [1.807, 2.05) is 6.92 Å². The van der Waals surface area contributed by atoms with Crippen molar-refractivity contribution in [1.82, 2.24) is 24.7 Å². The minimum atomic E-state index is -0.422. The molecule has 0 aliphatic rings. The maximum absolute atomic E-state index is 13.2. The number of aromatic amines is 1. The number of aryl methyl sites for hydroxylation is 2. The van der Waals surface area contributed by atoms with Crippen molar-refractivity contribution in [3.8, 4) is 0 Å². The molecule has 0 spiro atoms. The van der Waals surface area contributed by atoms with Crippen LogP contribution in [0.3, 0.4) is 0 Å². The van der Waals surface area contributed by atoms with E-state index < -0.39 is 6.10 Å². The lowest BCUT2D eigenvalue weighted by Crippen LogP contribution is -2.18. The topological polar surface area (TPSA) is 79.6 Å². The van der Waals surface area contributed by atoms with Gasteiger partial charge in [-0.3, -0.25) is 0 Å². The number of aliphatic hydroxyl groups excluding tert-OH is 1.